The van der Waals surface area contributed by atoms with Crippen molar-refractivity contribution in [2.24, 2.45) is 10.4 Å². The number of allylic oxidation sites excluding steroid dienone is 4. The fourth-order valence-electron chi connectivity index (χ4n) is 1.82. The van der Waals surface area contributed by atoms with Crippen LogP contribution in [0.4, 0.5) is 0 Å². The van der Waals surface area contributed by atoms with Crippen LogP contribution in [0, 0.1) is 5.41 Å². The average molecular weight is 233 g/mol. The fraction of sp³-hybridized carbons (Fsp3) is 0.562. The summed E-state index contributed by atoms with van der Waals surface area (Å²) in [5.41, 5.74) is 2.82. The van der Waals surface area contributed by atoms with E-state index in [1.807, 2.05) is 25.4 Å². The first-order valence-electron chi connectivity index (χ1n) is 6.44. The highest BCUT2D eigenvalue weighted by Crippen LogP contribution is 2.36. The maximum Gasteiger partial charge on any atom is 0.0258 e. The molecule has 0 aliphatic heterocycles. The lowest BCUT2D eigenvalue weighted by molar-refractivity contribution is 0.363. The first-order chi connectivity index (χ1) is 8.00. The summed E-state index contributed by atoms with van der Waals surface area (Å²) >= 11 is 0. The fourth-order valence-corrected chi connectivity index (χ4v) is 1.82. The molecule has 96 valence electrons. The van der Waals surface area contributed by atoms with Crippen molar-refractivity contribution in [3.63, 3.8) is 0 Å². The molecule has 1 unspecified atom stereocenters. The first kappa shape index (κ1) is 15.9. The highest BCUT2D eigenvalue weighted by molar-refractivity contribution is 5.54. The third-order valence-electron chi connectivity index (χ3n) is 3.37. The standard InChI is InChI=1S/C16H27N/c1-7-11-16(6,12-10-14(4)8-2)15(5)13-17-9-3/h8-10,13H,2,7,11-12H2,1,3-6H3/b14-10-,15-13+,17-9?. The number of aliphatic imine (C=N–C) groups is 1. The van der Waals surface area contributed by atoms with Crippen molar-refractivity contribution in [2.45, 2.75) is 53.9 Å². The van der Waals surface area contributed by atoms with Crippen molar-refractivity contribution < 1.29 is 0 Å². The van der Waals surface area contributed by atoms with Crippen molar-refractivity contribution in [3.05, 3.63) is 36.1 Å². The van der Waals surface area contributed by atoms with Crippen LogP contribution in [0.1, 0.15) is 53.9 Å². The van der Waals surface area contributed by atoms with E-state index in [4.69, 9.17) is 0 Å². The molecular formula is C16H27N. The molecule has 0 N–H and O–H groups in total. The van der Waals surface area contributed by atoms with Crippen LogP contribution in [0.5, 0.6) is 0 Å². The van der Waals surface area contributed by atoms with E-state index >= 15 is 0 Å². The van der Waals surface area contributed by atoms with E-state index in [2.05, 4.69) is 45.3 Å². The number of rotatable bonds is 7. The zero-order chi connectivity index (χ0) is 13.3. The molecule has 0 fully saturated rings. The van der Waals surface area contributed by atoms with Crippen molar-refractivity contribution in [2.75, 3.05) is 0 Å². The first-order valence-corrected chi connectivity index (χ1v) is 6.44. The number of hydrogen-bond donors (Lipinski definition) is 0. The van der Waals surface area contributed by atoms with E-state index in [-0.39, 0.29) is 5.41 Å². The van der Waals surface area contributed by atoms with Gasteiger partial charge in [0.05, 0.1) is 0 Å². The lowest BCUT2D eigenvalue weighted by Crippen LogP contribution is -2.17. The van der Waals surface area contributed by atoms with Gasteiger partial charge in [-0.15, -0.1) is 0 Å². The van der Waals surface area contributed by atoms with Gasteiger partial charge in [0.15, 0.2) is 0 Å². The van der Waals surface area contributed by atoms with Crippen LogP contribution in [0.3, 0.4) is 0 Å². The molecular weight excluding hydrogens is 206 g/mol. The van der Waals surface area contributed by atoms with Crippen LogP contribution in [-0.4, -0.2) is 6.21 Å². The van der Waals surface area contributed by atoms with Crippen molar-refractivity contribution >= 4 is 6.21 Å². The summed E-state index contributed by atoms with van der Waals surface area (Å²) in [6, 6.07) is 0. The molecule has 1 nitrogen and oxygen atoms in total. The monoisotopic (exact) mass is 233 g/mol. The summed E-state index contributed by atoms with van der Waals surface area (Å²) in [5, 5.41) is 0. The second-order valence-corrected chi connectivity index (χ2v) is 4.89. The second-order valence-electron chi connectivity index (χ2n) is 4.89. The normalized spacial score (nSPS) is 17.2. The van der Waals surface area contributed by atoms with Crippen LogP contribution >= 0.6 is 0 Å². The Labute approximate surface area is 107 Å². The van der Waals surface area contributed by atoms with Gasteiger partial charge in [-0.25, -0.2) is 0 Å². The van der Waals surface area contributed by atoms with E-state index in [1.54, 1.807) is 0 Å². The Morgan fingerprint density at radius 3 is 2.47 bits per heavy atom. The summed E-state index contributed by atoms with van der Waals surface area (Å²) < 4.78 is 0. The highest BCUT2D eigenvalue weighted by Gasteiger charge is 2.23. The zero-order valence-corrected chi connectivity index (χ0v) is 12.1. The quantitative estimate of drug-likeness (QED) is 0.417. The van der Waals surface area contributed by atoms with Crippen LogP contribution in [0.25, 0.3) is 0 Å². The highest BCUT2D eigenvalue weighted by atomic mass is 14.7. The number of nitrogens with zero attached hydrogens (tertiary/aromatic N) is 1. The molecule has 0 aromatic heterocycles. The molecule has 0 aromatic rings. The predicted molar refractivity (Wildman–Crippen MR) is 79.5 cm³/mol. The molecule has 0 spiro atoms. The Bertz CT molecular complexity index is 320. The molecule has 0 saturated carbocycles. The smallest absolute Gasteiger partial charge is 0.0258 e. The summed E-state index contributed by atoms with van der Waals surface area (Å²) in [5.74, 6) is 0. The van der Waals surface area contributed by atoms with Gasteiger partial charge in [-0.05, 0) is 44.6 Å². The maximum atomic E-state index is 4.24. The minimum atomic E-state index is 0.214. The van der Waals surface area contributed by atoms with Crippen molar-refractivity contribution in [1.82, 2.24) is 0 Å². The van der Waals surface area contributed by atoms with E-state index in [1.165, 1.54) is 24.0 Å². The largest absolute Gasteiger partial charge is 0.269 e. The molecule has 0 aromatic carbocycles. The Morgan fingerprint density at radius 2 is 2.00 bits per heavy atom. The van der Waals surface area contributed by atoms with Gasteiger partial charge >= 0.3 is 0 Å². The van der Waals surface area contributed by atoms with Crippen molar-refractivity contribution in [1.29, 1.82) is 0 Å². The van der Waals surface area contributed by atoms with Gasteiger partial charge in [0.1, 0.15) is 0 Å². The molecule has 0 aliphatic rings. The summed E-state index contributed by atoms with van der Waals surface area (Å²) in [4.78, 5) is 4.24. The van der Waals surface area contributed by atoms with Gasteiger partial charge < -0.3 is 0 Å². The Hall–Kier alpha value is -1.11. The van der Waals surface area contributed by atoms with Gasteiger partial charge in [-0.1, -0.05) is 44.6 Å². The van der Waals surface area contributed by atoms with Gasteiger partial charge in [0.2, 0.25) is 0 Å². The SMILES string of the molecule is C=C/C(C)=C\CC(C)(CCC)/C(C)=C/N=CC. The Balaban J connectivity index is 4.95. The minimum Gasteiger partial charge on any atom is -0.269 e. The van der Waals surface area contributed by atoms with Gasteiger partial charge in [-0.2, -0.15) is 0 Å². The Kier molecular flexibility index (Phi) is 7.53. The topological polar surface area (TPSA) is 12.4 Å². The van der Waals surface area contributed by atoms with E-state index in [0.717, 1.165) is 6.42 Å². The van der Waals surface area contributed by atoms with E-state index in [0.29, 0.717) is 0 Å². The van der Waals surface area contributed by atoms with Gasteiger partial charge in [-0.3, -0.25) is 4.99 Å². The third-order valence-corrected chi connectivity index (χ3v) is 3.37. The zero-order valence-electron chi connectivity index (χ0n) is 12.1. The lowest BCUT2D eigenvalue weighted by atomic mass is 9.76. The molecule has 17 heavy (non-hydrogen) atoms. The summed E-state index contributed by atoms with van der Waals surface area (Å²) in [7, 11) is 0. The van der Waals surface area contributed by atoms with Crippen LogP contribution in [0.2, 0.25) is 0 Å². The molecule has 0 radical (unpaired) electrons. The molecule has 0 heterocycles. The Morgan fingerprint density at radius 1 is 1.35 bits per heavy atom. The van der Waals surface area contributed by atoms with Gasteiger partial charge in [0, 0.05) is 12.4 Å². The van der Waals surface area contributed by atoms with Crippen LogP contribution < -0.4 is 0 Å². The van der Waals surface area contributed by atoms with Gasteiger partial charge in [0.25, 0.3) is 0 Å². The summed E-state index contributed by atoms with van der Waals surface area (Å²) in [6.45, 7) is 14.6. The molecule has 1 heteroatoms. The average Bonchev–Trinajstić information content (AvgIpc) is 2.33. The molecule has 0 bridgehead atoms. The molecule has 0 rings (SSSR count). The molecule has 1 atom stereocenters. The lowest BCUT2D eigenvalue weighted by Gasteiger charge is -2.29. The van der Waals surface area contributed by atoms with Crippen molar-refractivity contribution in [3.8, 4) is 0 Å². The molecule has 0 saturated heterocycles. The minimum absolute atomic E-state index is 0.214. The van der Waals surface area contributed by atoms with E-state index < -0.39 is 0 Å². The second kappa shape index (κ2) is 8.05. The van der Waals surface area contributed by atoms with Crippen LogP contribution in [-0.2, 0) is 0 Å². The molecule has 0 aliphatic carbocycles. The van der Waals surface area contributed by atoms with Crippen LogP contribution in [0.15, 0.2) is 41.1 Å². The predicted octanol–water partition coefficient (Wildman–Crippen LogP) is 5.31. The summed E-state index contributed by atoms with van der Waals surface area (Å²) in [6.07, 6.45) is 11.5. The maximum absolute atomic E-state index is 4.24. The van der Waals surface area contributed by atoms with E-state index in [9.17, 15) is 0 Å². The number of hydrogen-bond acceptors (Lipinski definition) is 1. The third kappa shape index (κ3) is 5.67. The molecule has 0 amide bonds.